The van der Waals surface area contributed by atoms with Gasteiger partial charge in [0.05, 0.1) is 18.3 Å². The summed E-state index contributed by atoms with van der Waals surface area (Å²) >= 11 is 4.63. The summed E-state index contributed by atoms with van der Waals surface area (Å²) in [5, 5.41) is 7.33. The van der Waals surface area contributed by atoms with E-state index in [4.69, 9.17) is 9.15 Å². The van der Waals surface area contributed by atoms with Crippen molar-refractivity contribution in [2.75, 3.05) is 20.2 Å². The SMILES string of the molecule is CCOC(=O)c1sc(C(C)NC(=NC)NCCc2ccc(Br)o2)nc1C. The normalized spacial score (nSPS) is 12.7. The van der Waals surface area contributed by atoms with Crippen molar-refractivity contribution in [3.05, 3.63) is 38.1 Å². The molecule has 1 atom stereocenters. The molecular weight excluding hydrogens is 420 g/mol. The monoisotopic (exact) mass is 442 g/mol. The van der Waals surface area contributed by atoms with Gasteiger partial charge in [-0.05, 0) is 48.8 Å². The first-order valence-electron chi connectivity index (χ1n) is 8.30. The van der Waals surface area contributed by atoms with Gasteiger partial charge in [0.2, 0.25) is 0 Å². The van der Waals surface area contributed by atoms with Gasteiger partial charge in [-0.15, -0.1) is 11.3 Å². The van der Waals surface area contributed by atoms with Crippen molar-refractivity contribution < 1.29 is 13.9 Å². The average Bonchev–Trinajstić information content (AvgIpc) is 3.19. The van der Waals surface area contributed by atoms with Crippen LogP contribution in [0.4, 0.5) is 0 Å². The quantitative estimate of drug-likeness (QED) is 0.387. The Morgan fingerprint density at radius 1 is 1.50 bits per heavy atom. The van der Waals surface area contributed by atoms with Gasteiger partial charge < -0.3 is 19.8 Å². The molecule has 2 N–H and O–H groups in total. The lowest BCUT2D eigenvalue weighted by Gasteiger charge is -2.15. The van der Waals surface area contributed by atoms with Crippen LogP contribution in [-0.4, -0.2) is 37.1 Å². The van der Waals surface area contributed by atoms with Gasteiger partial charge in [0.25, 0.3) is 0 Å². The minimum atomic E-state index is -0.326. The first kappa shape index (κ1) is 20.4. The molecule has 0 aliphatic heterocycles. The van der Waals surface area contributed by atoms with E-state index >= 15 is 0 Å². The maximum Gasteiger partial charge on any atom is 0.350 e. The van der Waals surface area contributed by atoms with Crippen molar-refractivity contribution in [3.8, 4) is 0 Å². The van der Waals surface area contributed by atoms with Gasteiger partial charge in [0, 0.05) is 20.0 Å². The number of aromatic nitrogens is 1. The molecule has 0 bridgehead atoms. The molecule has 0 amide bonds. The summed E-state index contributed by atoms with van der Waals surface area (Å²) in [7, 11) is 1.71. The van der Waals surface area contributed by atoms with Crippen LogP contribution in [0.15, 0.2) is 26.2 Å². The van der Waals surface area contributed by atoms with E-state index in [0.717, 1.165) is 21.9 Å². The van der Waals surface area contributed by atoms with Crippen molar-refractivity contribution in [1.82, 2.24) is 15.6 Å². The third kappa shape index (κ3) is 5.57. The third-order valence-corrected chi connectivity index (χ3v) is 5.26. The molecule has 0 fully saturated rings. The van der Waals surface area contributed by atoms with Crippen molar-refractivity contribution in [2.24, 2.45) is 4.99 Å². The van der Waals surface area contributed by atoms with Crippen LogP contribution in [-0.2, 0) is 11.2 Å². The molecular formula is C17H23BrN4O3S. The number of hydrogen-bond donors (Lipinski definition) is 2. The lowest BCUT2D eigenvalue weighted by molar-refractivity contribution is 0.0531. The summed E-state index contributed by atoms with van der Waals surface area (Å²) in [5.41, 5.74) is 0.684. The second-order valence-corrected chi connectivity index (χ2v) is 7.32. The van der Waals surface area contributed by atoms with Crippen LogP contribution in [0.1, 0.15) is 46.0 Å². The second kappa shape index (κ2) is 9.72. The van der Waals surface area contributed by atoms with Gasteiger partial charge >= 0.3 is 5.97 Å². The number of rotatable bonds is 7. The summed E-state index contributed by atoms with van der Waals surface area (Å²) in [4.78, 5) is 21.2. The number of ether oxygens (including phenoxy) is 1. The molecule has 1 unspecified atom stereocenters. The molecule has 0 saturated carbocycles. The van der Waals surface area contributed by atoms with Gasteiger partial charge in [0.1, 0.15) is 15.6 Å². The third-order valence-electron chi connectivity index (χ3n) is 3.51. The highest BCUT2D eigenvalue weighted by Crippen LogP contribution is 2.24. The molecule has 142 valence electrons. The van der Waals surface area contributed by atoms with Crippen LogP contribution in [0.25, 0.3) is 0 Å². The van der Waals surface area contributed by atoms with E-state index in [-0.39, 0.29) is 12.0 Å². The van der Waals surface area contributed by atoms with Crippen LogP contribution >= 0.6 is 27.3 Å². The van der Waals surface area contributed by atoms with Crippen molar-refractivity contribution in [3.63, 3.8) is 0 Å². The van der Waals surface area contributed by atoms with E-state index in [1.807, 2.05) is 26.0 Å². The number of guanidine groups is 1. The van der Waals surface area contributed by atoms with Gasteiger partial charge in [-0.3, -0.25) is 4.99 Å². The summed E-state index contributed by atoms with van der Waals surface area (Å²) < 4.78 is 11.3. The minimum Gasteiger partial charge on any atom is -0.462 e. The fraction of sp³-hybridized carbons (Fsp3) is 0.471. The Balaban J connectivity index is 1.91. The second-order valence-electron chi connectivity index (χ2n) is 5.51. The predicted octanol–water partition coefficient (Wildman–Crippen LogP) is 3.45. The standard InChI is InChI=1S/C17H23BrN4O3S/c1-5-24-16(23)14-10(2)21-15(26-14)11(3)22-17(19-4)20-9-8-12-6-7-13(18)25-12/h6-7,11H,5,8-9H2,1-4H3,(H2,19,20,22). The zero-order valence-corrected chi connectivity index (χ0v) is 17.7. The summed E-state index contributed by atoms with van der Waals surface area (Å²) in [6, 6.07) is 3.71. The number of thiazole rings is 1. The number of carbonyl (C=O) groups excluding carboxylic acids is 1. The molecule has 2 heterocycles. The maximum absolute atomic E-state index is 11.9. The molecule has 9 heteroatoms. The minimum absolute atomic E-state index is 0.0918. The smallest absolute Gasteiger partial charge is 0.350 e. The molecule has 0 aliphatic carbocycles. The molecule has 2 aromatic rings. The predicted molar refractivity (Wildman–Crippen MR) is 106 cm³/mol. The number of carbonyl (C=O) groups is 1. The number of aryl methyl sites for hydroxylation is 1. The highest BCUT2D eigenvalue weighted by Gasteiger charge is 2.20. The van der Waals surface area contributed by atoms with Crippen LogP contribution < -0.4 is 10.6 Å². The Labute approximate surface area is 165 Å². The summed E-state index contributed by atoms with van der Waals surface area (Å²) in [6.07, 6.45) is 0.740. The number of hydrogen-bond acceptors (Lipinski definition) is 6. The van der Waals surface area contributed by atoms with Crippen molar-refractivity contribution >= 4 is 39.2 Å². The van der Waals surface area contributed by atoms with E-state index in [2.05, 4.69) is 36.5 Å². The molecule has 0 saturated heterocycles. The fourth-order valence-corrected chi connectivity index (χ4v) is 3.54. The van der Waals surface area contributed by atoms with E-state index in [1.54, 1.807) is 14.0 Å². The Morgan fingerprint density at radius 3 is 2.88 bits per heavy atom. The molecule has 0 aliphatic rings. The zero-order chi connectivity index (χ0) is 19.1. The number of nitrogens with zero attached hydrogens (tertiary/aromatic N) is 2. The van der Waals surface area contributed by atoms with Gasteiger partial charge in [-0.1, -0.05) is 0 Å². The Bertz CT molecular complexity index is 772. The highest BCUT2D eigenvalue weighted by molar-refractivity contribution is 9.10. The summed E-state index contributed by atoms with van der Waals surface area (Å²) in [6.45, 7) is 6.60. The molecule has 7 nitrogen and oxygen atoms in total. The van der Waals surface area contributed by atoms with Crippen molar-refractivity contribution in [1.29, 1.82) is 0 Å². The van der Waals surface area contributed by atoms with E-state index < -0.39 is 0 Å². The van der Waals surface area contributed by atoms with Crippen LogP contribution in [0.5, 0.6) is 0 Å². The molecule has 2 rings (SSSR count). The molecule has 2 aromatic heterocycles. The highest BCUT2D eigenvalue weighted by atomic mass is 79.9. The van der Waals surface area contributed by atoms with Gasteiger partial charge in [-0.25, -0.2) is 9.78 Å². The zero-order valence-electron chi connectivity index (χ0n) is 15.3. The van der Waals surface area contributed by atoms with Gasteiger partial charge in [0.15, 0.2) is 10.6 Å². The van der Waals surface area contributed by atoms with Crippen LogP contribution in [0.2, 0.25) is 0 Å². The number of furan rings is 1. The van der Waals surface area contributed by atoms with E-state index in [1.165, 1.54) is 11.3 Å². The topological polar surface area (TPSA) is 88.8 Å². The lowest BCUT2D eigenvalue weighted by Crippen LogP contribution is -2.39. The molecule has 0 aromatic carbocycles. The molecule has 0 radical (unpaired) electrons. The Morgan fingerprint density at radius 2 is 2.27 bits per heavy atom. The van der Waals surface area contributed by atoms with Crippen LogP contribution in [0, 0.1) is 6.92 Å². The molecule has 26 heavy (non-hydrogen) atoms. The Hall–Kier alpha value is -1.87. The molecule has 0 spiro atoms. The first-order chi connectivity index (χ1) is 12.4. The Kier molecular flexibility index (Phi) is 7.65. The lowest BCUT2D eigenvalue weighted by atomic mass is 10.3. The fourth-order valence-electron chi connectivity index (χ4n) is 2.24. The van der Waals surface area contributed by atoms with Crippen LogP contribution in [0.3, 0.4) is 0 Å². The van der Waals surface area contributed by atoms with Gasteiger partial charge in [-0.2, -0.15) is 0 Å². The van der Waals surface area contributed by atoms with E-state index in [0.29, 0.717) is 29.7 Å². The number of halogens is 1. The largest absolute Gasteiger partial charge is 0.462 e. The van der Waals surface area contributed by atoms with Crippen molar-refractivity contribution in [2.45, 2.75) is 33.2 Å². The number of aliphatic imine (C=N–C) groups is 1. The first-order valence-corrected chi connectivity index (χ1v) is 9.91. The number of nitrogens with one attached hydrogen (secondary N) is 2. The summed E-state index contributed by atoms with van der Waals surface area (Å²) in [5.74, 6) is 1.23. The average molecular weight is 443 g/mol. The maximum atomic E-state index is 11.9. The van der Waals surface area contributed by atoms with E-state index in [9.17, 15) is 4.79 Å². The number of esters is 1.